The molecule has 0 saturated carbocycles. The van der Waals surface area contributed by atoms with E-state index in [4.69, 9.17) is 9.26 Å². The molecular weight excluding hydrogens is 434 g/mol. The fourth-order valence-electron chi connectivity index (χ4n) is 5.46. The molecule has 9 heteroatoms. The van der Waals surface area contributed by atoms with Gasteiger partial charge in [-0.25, -0.2) is 4.79 Å². The molecule has 0 unspecified atom stereocenters. The quantitative estimate of drug-likeness (QED) is 0.696. The predicted molar refractivity (Wildman–Crippen MR) is 129 cm³/mol. The maximum absolute atomic E-state index is 12.3. The molecule has 1 N–H and O–H groups in total. The number of aromatic nitrogens is 1. The van der Waals surface area contributed by atoms with E-state index >= 15 is 0 Å². The molecule has 1 aromatic heterocycles. The van der Waals surface area contributed by atoms with E-state index in [1.165, 1.54) is 29.8 Å². The van der Waals surface area contributed by atoms with Crippen molar-refractivity contribution in [3.8, 4) is 0 Å². The summed E-state index contributed by atoms with van der Waals surface area (Å²) in [6, 6.07) is 6.17. The van der Waals surface area contributed by atoms with Gasteiger partial charge in [0.2, 0.25) is 5.91 Å². The van der Waals surface area contributed by atoms with Crippen molar-refractivity contribution in [3.63, 3.8) is 0 Å². The Balaban J connectivity index is 1.27. The third-order valence-electron chi connectivity index (χ3n) is 7.45. The number of fused-ring (bicyclic) bond motifs is 1. The second-order valence-electron chi connectivity index (χ2n) is 10.2. The Morgan fingerprint density at radius 3 is 2.74 bits per heavy atom. The molecule has 1 atom stereocenters. The minimum absolute atomic E-state index is 0.258. The summed E-state index contributed by atoms with van der Waals surface area (Å²) in [6.07, 6.45) is 2.61. The van der Waals surface area contributed by atoms with E-state index < -0.39 is 6.03 Å². The third kappa shape index (κ3) is 4.96. The van der Waals surface area contributed by atoms with Gasteiger partial charge in [-0.1, -0.05) is 25.1 Å². The van der Waals surface area contributed by atoms with Crippen molar-refractivity contribution in [2.45, 2.75) is 45.7 Å². The summed E-state index contributed by atoms with van der Waals surface area (Å²) < 4.78 is 11.0. The number of piperazine rings is 1. The van der Waals surface area contributed by atoms with Crippen LogP contribution in [0.2, 0.25) is 0 Å². The number of carbonyl (C=O) groups is 2. The average Bonchev–Trinajstić information content (AvgIpc) is 3.24. The standard InChI is InChI=1S/C25H35N5O4/c1-17(2)21-16-28(9-10-29(21)15-18-6-11-33-12-7-18)14-19-3-4-22-20(13-19)24(27-34-22)30-8-5-23(31)26-25(30)32/h3-4,13,17-18,21H,5-12,14-16H2,1-2H3,(H,26,31,32)/t21-/m1/s1. The van der Waals surface area contributed by atoms with Crippen molar-refractivity contribution in [2.75, 3.05) is 50.8 Å². The van der Waals surface area contributed by atoms with Gasteiger partial charge in [0.1, 0.15) is 0 Å². The number of amides is 3. The van der Waals surface area contributed by atoms with Gasteiger partial charge >= 0.3 is 6.03 Å². The summed E-state index contributed by atoms with van der Waals surface area (Å²) in [7, 11) is 0. The van der Waals surface area contributed by atoms with Gasteiger partial charge in [0.25, 0.3) is 0 Å². The van der Waals surface area contributed by atoms with Crippen LogP contribution in [0, 0.1) is 11.8 Å². The summed E-state index contributed by atoms with van der Waals surface area (Å²) in [4.78, 5) is 30.6. The highest BCUT2D eigenvalue weighted by Crippen LogP contribution is 2.29. The molecule has 0 aliphatic carbocycles. The number of nitrogens with one attached hydrogen (secondary N) is 1. The highest BCUT2D eigenvalue weighted by Gasteiger charge is 2.32. The van der Waals surface area contributed by atoms with E-state index in [0.29, 0.717) is 29.9 Å². The molecule has 2 aromatic rings. The van der Waals surface area contributed by atoms with Crippen LogP contribution >= 0.6 is 0 Å². The minimum atomic E-state index is -0.447. The smallest absolute Gasteiger partial charge is 0.329 e. The SMILES string of the molecule is CC(C)[C@H]1CN(Cc2ccc3onc(N4CCC(=O)NC4=O)c3c2)CCN1CC1CCOCC1. The van der Waals surface area contributed by atoms with Crippen molar-refractivity contribution < 1.29 is 18.8 Å². The van der Waals surface area contributed by atoms with Gasteiger partial charge < -0.3 is 9.26 Å². The molecule has 3 aliphatic heterocycles. The van der Waals surface area contributed by atoms with Crippen molar-refractivity contribution in [3.05, 3.63) is 23.8 Å². The van der Waals surface area contributed by atoms with E-state index in [9.17, 15) is 9.59 Å². The van der Waals surface area contributed by atoms with Crippen molar-refractivity contribution in [1.82, 2.24) is 20.3 Å². The van der Waals surface area contributed by atoms with Crippen LogP contribution in [0.4, 0.5) is 10.6 Å². The molecule has 0 radical (unpaired) electrons. The Morgan fingerprint density at radius 1 is 1.15 bits per heavy atom. The molecular formula is C25H35N5O4. The molecule has 4 heterocycles. The zero-order valence-corrected chi connectivity index (χ0v) is 20.2. The summed E-state index contributed by atoms with van der Waals surface area (Å²) in [5.41, 5.74) is 1.82. The minimum Gasteiger partial charge on any atom is -0.381 e. The third-order valence-corrected chi connectivity index (χ3v) is 7.45. The Bertz CT molecular complexity index is 1030. The van der Waals surface area contributed by atoms with Crippen LogP contribution in [0.5, 0.6) is 0 Å². The molecule has 9 nitrogen and oxygen atoms in total. The second-order valence-corrected chi connectivity index (χ2v) is 10.2. The van der Waals surface area contributed by atoms with Crippen LogP contribution in [0.1, 0.15) is 38.7 Å². The number of ether oxygens (including phenoxy) is 1. The van der Waals surface area contributed by atoms with Crippen LogP contribution in [0.15, 0.2) is 22.7 Å². The number of nitrogens with zero attached hydrogens (tertiary/aromatic N) is 4. The monoisotopic (exact) mass is 469 g/mol. The Hall–Kier alpha value is -2.49. The Labute approximate surface area is 200 Å². The first-order valence-corrected chi connectivity index (χ1v) is 12.5. The maximum atomic E-state index is 12.3. The maximum Gasteiger partial charge on any atom is 0.329 e. The van der Waals surface area contributed by atoms with Gasteiger partial charge in [0, 0.05) is 64.9 Å². The van der Waals surface area contributed by atoms with Gasteiger partial charge in [-0.15, -0.1) is 0 Å². The number of urea groups is 1. The molecule has 3 saturated heterocycles. The second kappa shape index (κ2) is 10.0. The van der Waals surface area contributed by atoms with Crippen LogP contribution in [-0.4, -0.2) is 78.9 Å². The number of imide groups is 1. The number of anilines is 1. The molecule has 0 bridgehead atoms. The number of hydrogen-bond acceptors (Lipinski definition) is 7. The molecule has 3 aliphatic rings. The van der Waals surface area contributed by atoms with E-state index in [1.54, 1.807) is 0 Å². The van der Waals surface area contributed by atoms with Gasteiger partial charge in [0.15, 0.2) is 11.4 Å². The molecule has 0 spiro atoms. The van der Waals surface area contributed by atoms with Crippen LogP contribution < -0.4 is 10.2 Å². The molecule has 5 rings (SSSR count). The predicted octanol–water partition coefficient (Wildman–Crippen LogP) is 2.84. The number of carbonyl (C=O) groups excluding carboxylic acids is 2. The highest BCUT2D eigenvalue weighted by atomic mass is 16.5. The zero-order chi connectivity index (χ0) is 23.7. The molecule has 3 fully saturated rings. The van der Waals surface area contributed by atoms with E-state index in [1.807, 2.05) is 6.07 Å². The number of rotatable bonds is 6. The van der Waals surface area contributed by atoms with Gasteiger partial charge in [-0.3, -0.25) is 24.8 Å². The molecule has 34 heavy (non-hydrogen) atoms. The van der Waals surface area contributed by atoms with E-state index in [2.05, 4.69) is 46.3 Å². The van der Waals surface area contributed by atoms with Crippen LogP contribution in [0.3, 0.4) is 0 Å². The summed E-state index contributed by atoms with van der Waals surface area (Å²) in [5.74, 6) is 1.56. The fraction of sp³-hybridized carbons (Fsp3) is 0.640. The lowest BCUT2D eigenvalue weighted by Gasteiger charge is -2.45. The van der Waals surface area contributed by atoms with Crippen molar-refractivity contribution in [1.29, 1.82) is 0 Å². The van der Waals surface area contributed by atoms with Crippen molar-refractivity contribution >= 4 is 28.7 Å². The van der Waals surface area contributed by atoms with Crippen LogP contribution in [-0.2, 0) is 16.1 Å². The lowest BCUT2D eigenvalue weighted by molar-refractivity contribution is -0.120. The Kier molecular flexibility index (Phi) is 6.85. The lowest BCUT2D eigenvalue weighted by atomic mass is 9.94. The molecule has 3 amide bonds. The Morgan fingerprint density at radius 2 is 1.97 bits per heavy atom. The lowest BCUT2D eigenvalue weighted by Crippen LogP contribution is -2.56. The zero-order valence-electron chi connectivity index (χ0n) is 20.2. The normalized spacial score (nSPS) is 23.7. The average molecular weight is 470 g/mol. The van der Waals surface area contributed by atoms with Gasteiger partial charge in [0.05, 0.1) is 5.39 Å². The van der Waals surface area contributed by atoms with Gasteiger partial charge in [-0.05, 0) is 42.4 Å². The summed E-state index contributed by atoms with van der Waals surface area (Å²) >= 11 is 0. The fourth-order valence-corrected chi connectivity index (χ4v) is 5.46. The topological polar surface area (TPSA) is 91.2 Å². The number of benzene rings is 1. The van der Waals surface area contributed by atoms with E-state index in [0.717, 1.165) is 50.7 Å². The summed E-state index contributed by atoms with van der Waals surface area (Å²) in [6.45, 7) is 12.0. The first kappa shape index (κ1) is 23.3. The molecule has 1 aromatic carbocycles. The van der Waals surface area contributed by atoms with Crippen LogP contribution in [0.25, 0.3) is 11.0 Å². The highest BCUT2D eigenvalue weighted by molar-refractivity contribution is 6.08. The molecule has 184 valence electrons. The number of hydrogen-bond donors (Lipinski definition) is 1. The first-order chi connectivity index (χ1) is 16.5. The van der Waals surface area contributed by atoms with Crippen molar-refractivity contribution in [2.24, 2.45) is 11.8 Å². The van der Waals surface area contributed by atoms with E-state index in [-0.39, 0.29) is 12.3 Å². The largest absolute Gasteiger partial charge is 0.381 e. The summed E-state index contributed by atoms with van der Waals surface area (Å²) in [5, 5.41) is 7.30. The van der Waals surface area contributed by atoms with Gasteiger partial charge in [-0.2, -0.15) is 0 Å². The first-order valence-electron chi connectivity index (χ1n) is 12.5.